The van der Waals surface area contributed by atoms with Crippen LogP contribution >= 0.6 is 23.2 Å². The van der Waals surface area contributed by atoms with Crippen LogP contribution in [0.1, 0.15) is 46.1 Å². The van der Waals surface area contributed by atoms with Crippen LogP contribution in [-0.2, 0) is 27.2 Å². The van der Waals surface area contributed by atoms with Crippen molar-refractivity contribution in [3.05, 3.63) is 117 Å². The number of fused-ring (bicyclic) bond motifs is 3. The van der Waals surface area contributed by atoms with Crippen LogP contribution in [0.3, 0.4) is 0 Å². The lowest BCUT2D eigenvalue weighted by Gasteiger charge is -2.44. The summed E-state index contributed by atoms with van der Waals surface area (Å²) in [4.78, 5) is 43.9. The van der Waals surface area contributed by atoms with Gasteiger partial charge >= 0.3 is 12.1 Å². The Hall–Kier alpha value is -5.11. The van der Waals surface area contributed by atoms with Gasteiger partial charge in [0.1, 0.15) is 22.3 Å². The Morgan fingerprint density at radius 2 is 1.71 bits per heavy atom. The first kappa shape index (κ1) is 38.1. The molecule has 3 saturated heterocycles. The Morgan fingerprint density at radius 3 is 2.29 bits per heavy atom. The number of hydrogen-bond acceptors (Lipinski definition) is 10. The van der Waals surface area contributed by atoms with E-state index in [2.05, 4.69) is 9.88 Å². The molecule has 0 radical (unpaired) electrons. The number of methoxy groups -OCH3 is 2. The first-order valence-corrected chi connectivity index (χ1v) is 17.2. The number of esters is 1. The summed E-state index contributed by atoms with van der Waals surface area (Å²) in [5.74, 6) is 0.651. The number of aromatic nitrogens is 2. The highest BCUT2D eigenvalue weighted by Crippen LogP contribution is 2.36. The number of carbonyl (C=O) groups is 3. The van der Waals surface area contributed by atoms with Gasteiger partial charge in [0.2, 0.25) is 0 Å². The molecule has 2 aromatic carbocycles. The average Bonchev–Trinajstić information content (AvgIpc) is 3.15. The summed E-state index contributed by atoms with van der Waals surface area (Å²) in [7, 11) is 3.03. The standard InChI is InChI=1S/C36H36Cl2N4O7.CH2O2/c1-46-31-11-9-24(16-33(31)47-2)32(17-28-29(37)20-41(45)21-30(28)38)48-35(43)25-8-10-26(39-18-25)19-42(27-6-4-3-5-7-27)36(44)49-34-22-40-14-12-23(34)13-15-40;2-1-3/h3-11,16,18,20-21,23,32,34H,12-15,17,19,22H2,1-2H3;1H,(H,2,3)/t32-,34-;/m0./s1. The highest BCUT2D eigenvalue weighted by Gasteiger charge is 2.37. The van der Waals surface area contributed by atoms with Crippen LogP contribution in [0.5, 0.6) is 11.5 Å². The molecule has 3 fully saturated rings. The van der Waals surface area contributed by atoms with Crippen molar-refractivity contribution in [3.63, 3.8) is 0 Å². The van der Waals surface area contributed by atoms with Crippen LogP contribution in [0.2, 0.25) is 10.0 Å². The molecule has 1 amide bonds. The van der Waals surface area contributed by atoms with Crippen molar-refractivity contribution in [2.24, 2.45) is 5.92 Å². The number of carboxylic acid groups (broad SMARTS) is 1. The average molecular weight is 754 g/mol. The quantitative estimate of drug-likeness (QED) is 0.0816. The van der Waals surface area contributed by atoms with Gasteiger partial charge in [-0.2, -0.15) is 4.73 Å². The number of nitrogens with zero attached hydrogens (tertiary/aromatic N) is 4. The highest BCUT2D eigenvalue weighted by molar-refractivity contribution is 6.35. The second kappa shape index (κ2) is 17.9. The monoisotopic (exact) mass is 752 g/mol. The summed E-state index contributed by atoms with van der Waals surface area (Å²) in [6.45, 7) is 2.73. The zero-order valence-electron chi connectivity index (χ0n) is 28.5. The summed E-state index contributed by atoms with van der Waals surface area (Å²) in [5, 5.41) is 19.0. The maximum Gasteiger partial charge on any atom is 0.414 e. The fourth-order valence-electron chi connectivity index (χ4n) is 6.30. The van der Waals surface area contributed by atoms with Crippen molar-refractivity contribution in [1.82, 2.24) is 9.88 Å². The fourth-order valence-corrected chi connectivity index (χ4v) is 6.89. The van der Waals surface area contributed by atoms with Crippen LogP contribution in [0.15, 0.2) is 79.3 Å². The van der Waals surface area contributed by atoms with Gasteiger partial charge in [-0.05, 0) is 73.8 Å². The summed E-state index contributed by atoms with van der Waals surface area (Å²) in [5.41, 5.74) is 2.44. The molecule has 13 nitrogen and oxygen atoms in total. The van der Waals surface area contributed by atoms with Gasteiger partial charge in [-0.25, -0.2) is 9.59 Å². The van der Waals surface area contributed by atoms with Crippen molar-refractivity contribution in [1.29, 1.82) is 0 Å². The zero-order chi connectivity index (χ0) is 37.2. The lowest BCUT2D eigenvalue weighted by atomic mass is 9.86. The minimum Gasteiger partial charge on any atom is -0.619 e. The second-order valence-corrected chi connectivity index (χ2v) is 12.9. The van der Waals surface area contributed by atoms with Crippen LogP contribution in [0, 0.1) is 11.1 Å². The molecule has 0 spiro atoms. The van der Waals surface area contributed by atoms with Crippen molar-refractivity contribution in [2.75, 3.05) is 38.8 Å². The van der Waals surface area contributed by atoms with Gasteiger partial charge in [0, 0.05) is 30.4 Å². The van der Waals surface area contributed by atoms with Gasteiger partial charge < -0.3 is 29.3 Å². The van der Waals surface area contributed by atoms with E-state index in [1.54, 1.807) is 35.2 Å². The van der Waals surface area contributed by atoms with E-state index in [1.165, 1.54) is 32.8 Å². The Labute approximate surface area is 310 Å². The number of ether oxygens (including phenoxy) is 4. The number of piperidine rings is 3. The van der Waals surface area contributed by atoms with E-state index in [0.717, 1.165) is 32.5 Å². The van der Waals surface area contributed by atoms with Gasteiger partial charge in [0.25, 0.3) is 6.47 Å². The maximum absolute atomic E-state index is 13.6. The highest BCUT2D eigenvalue weighted by atomic mass is 35.5. The minimum absolute atomic E-state index is 0.0685. The van der Waals surface area contributed by atoms with Crippen LogP contribution in [0.4, 0.5) is 10.5 Å². The molecular weight excluding hydrogens is 715 g/mol. The van der Waals surface area contributed by atoms with Crippen molar-refractivity contribution in [3.8, 4) is 11.5 Å². The van der Waals surface area contributed by atoms with Crippen LogP contribution < -0.4 is 19.1 Å². The van der Waals surface area contributed by atoms with Gasteiger partial charge in [0.15, 0.2) is 23.9 Å². The van der Waals surface area contributed by atoms with Crippen LogP contribution in [-0.4, -0.2) is 73.5 Å². The first-order chi connectivity index (χ1) is 25.1. The number of rotatable bonds is 11. The number of hydrogen-bond donors (Lipinski definition) is 1. The lowest BCUT2D eigenvalue weighted by molar-refractivity contribution is -0.605. The molecular formula is C37H38Cl2N4O9. The summed E-state index contributed by atoms with van der Waals surface area (Å²) in [6.07, 6.45) is 4.45. The number of carbonyl (C=O) groups excluding carboxylic acids is 2. The van der Waals surface area contributed by atoms with Gasteiger partial charge in [-0.15, -0.1) is 0 Å². The van der Waals surface area contributed by atoms with E-state index in [0.29, 0.717) is 44.7 Å². The van der Waals surface area contributed by atoms with Gasteiger partial charge in [0.05, 0.1) is 32.0 Å². The molecule has 0 unspecified atom stereocenters. The summed E-state index contributed by atoms with van der Waals surface area (Å²) in [6, 6.07) is 17.7. The second-order valence-electron chi connectivity index (χ2n) is 12.1. The molecule has 3 aliphatic heterocycles. The maximum atomic E-state index is 13.6. The smallest absolute Gasteiger partial charge is 0.414 e. The predicted octanol–water partition coefficient (Wildman–Crippen LogP) is 6.12. The largest absolute Gasteiger partial charge is 0.619 e. The number of anilines is 1. The Balaban J connectivity index is 0.00000168. The van der Waals surface area contributed by atoms with E-state index in [1.807, 2.05) is 30.3 Å². The minimum atomic E-state index is -0.876. The molecule has 52 heavy (non-hydrogen) atoms. The molecule has 2 aromatic heterocycles. The number of amides is 1. The molecule has 0 saturated carbocycles. The molecule has 4 aromatic rings. The molecule has 15 heteroatoms. The number of benzene rings is 2. The third kappa shape index (κ3) is 9.40. The normalized spacial score (nSPS) is 17.9. The Bertz CT molecular complexity index is 1820. The predicted molar refractivity (Wildman–Crippen MR) is 192 cm³/mol. The van der Waals surface area contributed by atoms with E-state index in [-0.39, 0.29) is 41.2 Å². The molecule has 0 aliphatic carbocycles. The number of pyridine rings is 2. The number of para-hydroxylation sites is 1. The topological polar surface area (TPSA) is 155 Å². The molecule has 2 bridgehead atoms. The summed E-state index contributed by atoms with van der Waals surface area (Å²) >= 11 is 12.8. The molecule has 2 atom stereocenters. The van der Waals surface area contributed by atoms with Crippen LogP contribution in [0.25, 0.3) is 0 Å². The van der Waals surface area contributed by atoms with Crippen molar-refractivity contribution in [2.45, 2.75) is 38.0 Å². The first-order valence-electron chi connectivity index (χ1n) is 16.4. The SMILES string of the molecule is COc1ccc([C@H](Cc2c(Cl)c[n+]([O-])cc2Cl)OC(=O)c2ccc(CN(C(=O)O[C@H]3CN4CCC3CC4)c3ccccc3)nc2)cc1OC.O=CO. The zero-order valence-corrected chi connectivity index (χ0v) is 30.0. The van der Waals surface area contributed by atoms with E-state index in [4.69, 9.17) is 52.1 Å². The van der Waals surface area contributed by atoms with Crippen molar-refractivity contribution >= 4 is 47.4 Å². The third-order valence-electron chi connectivity index (χ3n) is 8.99. The Morgan fingerprint density at radius 1 is 1.04 bits per heavy atom. The van der Waals surface area contributed by atoms with Gasteiger partial charge in [-0.1, -0.05) is 47.5 Å². The van der Waals surface area contributed by atoms with E-state index >= 15 is 0 Å². The molecule has 5 heterocycles. The van der Waals surface area contributed by atoms with Crippen molar-refractivity contribution < 1.29 is 43.2 Å². The van der Waals surface area contributed by atoms with Gasteiger partial charge in [-0.3, -0.25) is 19.6 Å². The lowest BCUT2D eigenvalue weighted by Crippen LogP contribution is -2.53. The molecule has 274 valence electrons. The molecule has 1 N–H and O–H groups in total. The Kier molecular flexibility index (Phi) is 13.1. The fraction of sp³-hybridized carbons (Fsp3) is 0.324. The number of halogens is 2. The van der Waals surface area contributed by atoms with E-state index in [9.17, 15) is 14.8 Å². The third-order valence-corrected chi connectivity index (χ3v) is 9.64. The molecule has 7 rings (SSSR count). The molecule has 3 aliphatic rings. The summed E-state index contributed by atoms with van der Waals surface area (Å²) < 4.78 is 23.4. The van der Waals surface area contributed by atoms with E-state index < -0.39 is 18.2 Å².